The summed E-state index contributed by atoms with van der Waals surface area (Å²) in [6.45, 7) is 3.52. The fraction of sp³-hybridized carbons (Fsp3) is 0.357. The lowest BCUT2D eigenvalue weighted by atomic mass is 10.2. The van der Waals surface area contributed by atoms with E-state index in [9.17, 15) is 0 Å². The highest BCUT2D eigenvalue weighted by Crippen LogP contribution is 2.18. The third kappa shape index (κ3) is 2.42. The van der Waals surface area contributed by atoms with Crippen molar-refractivity contribution in [2.24, 2.45) is 16.5 Å². The fourth-order valence-electron chi connectivity index (χ4n) is 2.44. The summed E-state index contributed by atoms with van der Waals surface area (Å²) in [5, 5.41) is 1.04. The van der Waals surface area contributed by atoms with Crippen LogP contribution in [0, 0.1) is 6.92 Å². The summed E-state index contributed by atoms with van der Waals surface area (Å²) in [5.74, 6) is 0.840. The molecule has 20 heavy (non-hydrogen) atoms. The molecule has 0 saturated carbocycles. The highest BCUT2D eigenvalue weighted by Gasteiger charge is 2.20. The van der Waals surface area contributed by atoms with E-state index < -0.39 is 0 Å². The summed E-state index contributed by atoms with van der Waals surface area (Å²) in [6, 6.07) is 8.04. The molecule has 4 N–H and O–H groups in total. The van der Waals surface area contributed by atoms with Crippen LogP contribution in [0.1, 0.15) is 12.1 Å². The van der Waals surface area contributed by atoms with Crippen LogP contribution in [-0.2, 0) is 0 Å². The summed E-state index contributed by atoms with van der Waals surface area (Å²) in [6.07, 6.45) is 0.938. The first-order valence-electron chi connectivity index (χ1n) is 6.71. The van der Waals surface area contributed by atoms with Gasteiger partial charge < -0.3 is 16.4 Å². The van der Waals surface area contributed by atoms with Gasteiger partial charge in [0.05, 0.1) is 11.2 Å². The Kier molecular flexibility index (Phi) is 3.23. The Morgan fingerprint density at radius 2 is 2.15 bits per heavy atom. The standard InChI is InChI=1S/C14H18N6/c1-9-11-4-2-3-5-12(11)18-14(17-9)19-13(16)20-7-6-10(15)8-20/h2-5,10H,6-8,15H2,1H3,(H2,16,17,18,19). The van der Waals surface area contributed by atoms with Gasteiger partial charge in [-0.3, -0.25) is 0 Å². The molecule has 0 radical (unpaired) electrons. The first-order chi connectivity index (χ1) is 9.63. The second-order valence-electron chi connectivity index (χ2n) is 5.09. The molecular weight excluding hydrogens is 252 g/mol. The van der Waals surface area contributed by atoms with E-state index in [1.165, 1.54) is 0 Å². The Labute approximate surface area is 117 Å². The quantitative estimate of drug-likeness (QED) is 0.593. The van der Waals surface area contributed by atoms with Crippen LogP contribution >= 0.6 is 0 Å². The van der Waals surface area contributed by atoms with Gasteiger partial charge in [-0.2, -0.15) is 4.99 Å². The lowest BCUT2D eigenvalue weighted by molar-refractivity contribution is 0.503. The first kappa shape index (κ1) is 12.8. The topological polar surface area (TPSA) is 93.4 Å². The number of aliphatic imine (C=N–C) groups is 1. The Hall–Kier alpha value is -2.21. The van der Waals surface area contributed by atoms with Crippen LogP contribution in [0.5, 0.6) is 0 Å². The van der Waals surface area contributed by atoms with Crippen LogP contribution in [0.2, 0.25) is 0 Å². The molecule has 0 amide bonds. The number of rotatable bonds is 1. The van der Waals surface area contributed by atoms with E-state index in [4.69, 9.17) is 11.5 Å². The van der Waals surface area contributed by atoms with Gasteiger partial charge >= 0.3 is 0 Å². The smallest absolute Gasteiger partial charge is 0.253 e. The van der Waals surface area contributed by atoms with E-state index in [1.807, 2.05) is 36.1 Å². The van der Waals surface area contributed by atoms with E-state index in [0.29, 0.717) is 11.9 Å². The van der Waals surface area contributed by atoms with Gasteiger partial charge in [0.2, 0.25) is 0 Å². The number of benzene rings is 1. The summed E-state index contributed by atoms with van der Waals surface area (Å²) < 4.78 is 0. The van der Waals surface area contributed by atoms with E-state index in [-0.39, 0.29) is 6.04 Å². The summed E-state index contributed by atoms with van der Waals surface area (Å²) in [4.78, 5) is 15.1. The predicted octanol–water partition coefficient (Wildman–Crippen LogP) is 0.917. The van der Waals surface area contributed by atoms with E-state index in [2.05, 4.69) is 15.0 Å². The van der Waals surface area contributed by atoms with Crippen molar-refractivity contribution in [1.29, 1.82) is 0 Å². The second kappa shape index (κ2) is 5.05. The van der Waals surface area contributed by atoms with Crippen molar-refractivity contribution in [3.05, 3.63) is 30.0 Å². The highest BCUT2D eigenvalue weighted by molar-refractivity contribution is 5.83. The molecule has 6 heteroatoms. The number of aromatic nitrogens is 2. The van der Waals surface area contributed by atoms with Crippen LogP contribution in [0.25, 0.3) is 10.9 Å². The van der Waals surface area contributed by atoms with Gasteiger partial charge in [0.25, 0.3) is 5.95 Å². The van der Waals surface area contributed by atoms with E-state index in [0.717, 1.165) is 36.1 Å². The molecule has 0 bridgehead atoms. The lowest BCUT2D eigenvalue weighted by Crippen LogP contribution is -2.37. The monoisotopic (exact) mass is 270 g/mol. The van der Waals surface area contributed by atoms with E-state index in [1.54, 1.807) is 0 Å². The maximum Gasteiger partial charge on any atom is 0.253 e. The highest BCUT2D eigenvalue weighted by atomic mass is 15.3. The number of para-hydroxylation sites is 1. The van der Waals surface area contributed by atoms with Gasteiger partial charge in [0.15, 0.2) is 5.96 Å². The van der Waals surface area contributed by atoms with Crippen molar-refractivity contribution in [2.75, 3.05) is 13.1 Å². The number of fused-ring (bicyclic) bond motifs is 1. The summed E-state index contributed by atoms with van der Waals surface area (Å²) in [7, 11) is 0. The third-order valence-electron chi connectivity index (χ3n) is 3.55. The maximum absolute atomic E-state index is 6.01. The Morgan fingerprint density at radius 1 is 1.35 bits per heavy atom. The number of guanidine groups is 1. The van der Waals surface area contributed by atoms with Crippen LogP contribution in [0.15, 0.2) is 29.3 Å². The van der Waals surface area contributed by atoms with Crippen LogP contribution in [0.4, 0.5) is 5.95 Å². The summed E-state index contributed by atoms with van der Waals surface area (Å²) in [5.41, 5.74) is 13.7. The fourth-order valence-corrected chi connectivity index (χ4v) is 2.44. The predicted molar refractivity (Wildman–Crippen MR) is 79.7 cm³/mol. The van der Waals surface area contributed by atoms with Gasteiger partial charge in [-0.1, -0.05) is 18.2 Å². The number of hydrogen-bond donors (Lipinski definition) is 2. The third-order valence-corrected chi connectivity index (χ3v) is 3.55. The molecule has 1 aliphatic heterocycles. The molecule has 2 aromatic rings. The minimum atomic E-state index is 0.169. The number of nitrogens with zero attached hydrogens (tertiary/aromatic N) is 4. The number of aryl methyl sites for hydroxylation is 1. The molecule has 1 aliphatic rings. The van der Waals surface area contributed by atoms with Gasteiger partial charge in [-0.25, -0.2) is 9.97 Å². The summed E-state index contributed by atoms with van der Waals surface area (Å²) >= 11 is 0. The molecule has 1 fully saturated rings. The maximum atomic E-state index is 6.01. The molecule has 6 nitrogen and oxygen atoms in total. The Balaban J connectivity index is 1.94. The molecule has 1 saturated heterocycles. The molecule has 1 atom stereocenters. The molecule has 1 aromatic carbocycles. The van der Waals surface area contributed by atoms with Crippen LogP contribution in [0.3, 0.4) is 0 Å². The van der Waals surface area contributed by atoms with Crippen molar-refractivity contribution in [3.8, 4) is 0 Å². The van der Waals surface area contributed by atoms with Gasteiger partial charge in [-0.05, 0) is 19.4 Å². The Bertz CT molecular complexity index is 666. The molecule has 104 valence electrons. The largest absolute Gasteiger partial charge is 0.369 e. The molecule has 1 aromatic heterocycles. The molecule has 0 aliphatic carbocycles. The zero-order valence-corrected chi connectivity index (χ0v) is 11.5. The average Bonchev–Trinajstić information content (AvgIpc) is 2.86. The van der Waals surface area contributed by atoms with Crippen molar-refractivity contribution < 1.29 is 0 Å². The van der Waals surface area contributed by atoms with Crippen LogP contribution < -0.4 is 11.5 Å². The number of likely N-dealkylation sites (tertiary alicyclic amines) is 1. The van der Waals surface area contributed by atoms with Gasteiger partial charge in [0, 0.05) is 24.5 Å². The van der Waals surface area contributed by atoms with Gasteiger partial charge in [0.1, 0.15) is 0 Å². The van der Waals surface area contributed by atoms with Crippen LogP contribution in [-0.4, -0.2) is 40.0 Å². The SMILES string of the molecule is Cc1nc(N=C(N)N2CCC(N)C2)nc2ccccc12. The first-order valence-corrected chi connectivity index (χ1v) is 6.71. The van der Waals surface area contributed by atoms with Crippen molar-refractivity contribution >= 4 is 22.8 Å². The number of hydrogen-bond acceptors (Lipinski definition) is 4. The lowest BCUT2D eigenvalue weighted by Gasteiger charge is -2.15. The van der Waals surface area contributed by atoms with Crippen molar-refractivity contribution in [1.82, 2.24) is 14.9 Å². The van der Waals surface area contributed by atoms with Gasteiger partial charge in [-0.15, -0.1) is 0 Å². The normalized spacial score (nSPS) is 19.8. The molecular formula is C14H18N6. The minimum absolute atomic E-state index is 0.169. The molecule has 2 heterocycles. The Morgan fingerprint density at radius 3 is 2.90 bits per heavy atom. The van der Waals surface area contributed by atoms with E-state index >= 15 is 0 Å². The molecule has 3 rings (SSSR count). The molecule has 0 spiro atoms. The van der Waals surface area contributed by atoms with Crippen molar-refractivity contribution in [2.45, 2.75) is 19.4 Å². The zero-order valence-electron chi connectivity index (χ0n) is 11.5. The minimum Gasteiger partial charge on any atom is -0.369 e. The second-order valence-corrected chi connectivity index (χ2v) is 5.09. The molecule has 1 unspecified atom stereocenters. The average molecular weight is 270 g/mol. The van der Waals surface area contributed by atoms with Crippen molar-refractivity contribution in [3.63, 3.8) is 0 Å². The number of nitrogens with two attached hydrogens (primary N) is 2. The zero-order chi connectivity index (χ0) is 14.1.